The molecule has 2 aromatic heterocycles. The van der Waals surface area contributed by atoms with Crippen LogP contribution >= 0.6 is 15.9 Å². The molecule has 6 heteroatoms. The van der Waals surface area contributed by atoms with Crippen LogP contribution in [0.2, 0.25) is 0 Å². The standard InChI is InChI=1S/C14H15BrN4O/c1-3-16-13-11(7-10(15)8-18-13)14(20)19-12-6-9(2)4-5-17-12/h4-8H,3H2,1-2H3,(H,16,18)(H,17,19,20). The first-order chi connectivity index (χ1) is 9.60. The number of amides is 1. The summed E-state index contributed by atoms with van der Waals surface area (Å²) < 4.78 is 0.751. The van der Waals surface area contributed by atoms with Crippen LogP contribution in [0.25, 0.3) is 0 Å². The summed E-state index contributed by atoms with van der Waals surface area (Å²) >= 11 is 3.33. The van der Waals surface area contributed by atoms with E-state index in [1.54, 1.807) is 18.5 Å². The largest absolute Gasteiger partial charge is 0.370 e. The Kier molecular flexibility index (Phi) is 4.68. The third-order valence-electron chi connectivity index (χ3n) is 2.60. The maximum Gasteiger partial charge on any atom is 0.260 e. The van der Waals surface area contributed by atoms with Crippen molar-refractivity contribution in [1.29, 1.82) is 0 Å². The van der Waals surface area contributed by atoms with Gasteiger partial charge in [0.1, 0.15) is 11.6 Å². The van der Waals surface area contributed by atoms with Gasteiger partial charge in [0.05, 0.1) is 5.56 Å². The molecule has 0 radical (unpaired) electrons. The maximum atomic E-state index is 12.3. The van der Waals surface area contributed by atoms with Crippen LogP contribution < -0.4 is 10.6 Å². The van der Waals surface area contributed by atoms with Gasteiger partial charge in [-0.3, -0.25) is 4.79 Å². The van der Waals surface area contributed by atoms with Crippen LogP contribution in [0.5, 0.6) is 0 Å². The molecule has 0 saturated carbocycles. The zero-order chi connectivity index (χ0) is 14.5. The molecule has 5 nitrogen and oxygen atoms in total. The van der Waals surface area contributed by atoms with E-state index in [1.165, 1.54) is 0 Å². The smallest absolute Gasteiger partial charge is 0.260 e. The summed E-state index contributed by atoms with van der Waals surface area (Å²) in [5.74, 6) is 0.839. The van der Waals surface area contributed by atoms with E-state index in [2.05, 4.69) is 36.5 Å². The lowest BCUT2D eigenvalue weighted by Crippen LogP contribution is -2.16. The molecule has 104 valence electrons. The van der Waals surface area contributed by atoms with Crippen molar-refractivity contribution in [2.75, 3.05) is 17.2 Å². The van der Waals surface area contributed by atoms with Crippen LogP contribution in [0, 0.1) is 6.92 Å². The van der Waals surface area contributed by atoms with Gasteiger partial charge in [-0.2, -0.15) is 0 Å². The molecule has 20 heavy (non-hydrogen) atoms. The number of hydrogen-bond acceptors (Lipinski definition) is 4. The van der Waals surface area contributed by atoms with Gasteiger partial charge in [0.25, 0.3) is 5.91 Å². The Morgan fingerprint density at radius 2 is 2.15 bits per heavy atom. The molecule has 2 rings (SSSR count). The van der Waals surface area contributed by atoms with E-state index < -0.39 is 0 Å². The molecule has 0 aliphatic carbocycles. The second kappa shape index (κ2) is 6.47. The van der Waals surface area contributed by atoms with Crippen LogP contribution in [0.15, 0.2) is 35.1 Å². The van der Waals surface area contributed by atoms with E-state index in [0.29, 0.717) is 23.7 Å². The molecule has 2 aromatic rings. The molecule has 0 fully saturated rings. The highest BCUT2D eigenvalue weighted by atomic mass is 79.9. The summed E-state index contributed by atoms with van der Waals surface area (Å²) in [7, 11) is 0. The molecule has 0 aromatic carbocycles. The summed E-state index contributed by atoms with van der Waals surface area (Å²) in [5, 5.41) is 5.84. The average molecular weight is 335 g/mol. The Labute approximate surface area is 126 Å². The highest BCUT2D eigenvalue weighted by molar-refractivity contribution is 9.10. The molecule has 0 aliphatic rings. The molecule has 2 N–H and O–H groups in total. The number of pyridine rings is 2. The fourth-order valence-corrected chi connectivity index (χ4v) is 2.04. The predicted molar refractivity (Wildman–Crippen MR) is 83.0 cm³/mol. The third-order valence-corrected chi connectivity index (χ3v) is 3.03. The van der Waals surface area contributed by atoms with Gasteiger partial charge >= 0.3 is 0 Å². The maximum absolute atomic E-state index is 12.3. The number of carbonyl (C=O) groups is 1. The second-order valence-corrected chi connectivity index (χ2v) is 5.17. The zero-order valence-corrected chi connectivity index (χ0v) is 12.9. The predicted octanol–water partition coefficient (Wildman–Crippen LogP) is 3.23. The fourth-order valence-electron chi connectivity index (χ4n) is 1.71. The molecule has 0 spiro atoms. The van der Waals surface area contributed by atoms with Gasteiger partial charge in [-0.1, -0.05) is 0 Å². The van der Waals surface area contributed by atoms with Crippen molar-refractivity contribution in [3.05, 3.63) is 46.2 Å². The first kappa shape index (κ1) is 14.5. The second-order valence-electron chi connectivity index (χ2n) is 4.25. The number of nitrogens with zero attached hydrogens (tertiary/aromatic N) is 2. The molecule has 0 unspecified atom stereocenters. The Bertz CT molecular complexity index is 630. The molecule has 0 saturated heterocycles. The number of rotatable bonds is 4. The van der Waals surface area contributed by atoms with Gasteiger partial charge in [0.2, 0.25) is 0 Å². The van der Waals surface area contributed by atoms with Crippen molar-refractivity contribution >= 4 is 33.5 Å². The number of aromatic nitrogens is 2. The first-order valence-electron chi connectivity index (χ1n) is 6.23. The number of halogens is 1. The lowest BCUT2D eigenvalue weighted by Gasteiger charge is -2.10. The first-order valence-corrected chi connectivity index (χ1v) is 7.03. The summed E-state index contributed by atoms with van der Waals surface area (Å²) in [5.41, 5.74) is 1.51. The van der Waals surface area contributed by atoms with Gasteiger partial charge in [0.15, 0.2) is 0 Å². The topological polar surface area (TPSA) is 66.9 Å². The number of aryl methyl sites for hydroxylation is 1. The lowest BCUT2D eigenvalue weighted by molar-refractivity contribution is 0.102. The molecule has 0 atom stereocenters. The fraction of sp³-hybridized carbons (Fsp3) is 0.214. The summed E-state index contributed by atoms with van der Waals surface area (Å²) in [4.78, 5) is 20.6. The van der Waals surface area contributed by atoms with Crippen molar-refractivity contribution in [2.45, 2.75) is 13.8 Å². The van der Waals surface area contributed by atoms with Crippen LogP contribution in [0.1, 0.15) is 22.8 Å². The Balaban J connectivity index is 2.26. The van der Waals surface area contributed by atoms with Crippen molar-refractivity contribution < 1.29 is 4.79 Å². The van der Waals surface area contributed by atoms with E-state index in [-0.39, 0.29) is 5.91 Å². The van der Waals surface area contributed by atoms with E-state index >= 15 is 0 Å². The minimum Gasteiger partial charge on any atom is -0.370 e. The molecule has 0 bridgehead atoms. The van der Waals surface area contributed by atoms with Gasteiger partial charge in [0, 0.05) is 23.4 Å². The van der Waals surface area contributed by atoms with Gasteiger partial charge in [-0.25, -0.2) is 9.97 Å². The molecular formula is C14H15BrN4O. The summed E-state index contributed by atoms with van der Waals surface area (Å²) in [6, 6.07) is 5.42. The van der Waals surface area contributed by atoms with Crippen molar-refractivity contribution in [3.63, 3.8) is 0 Å². The normalized spacial score (nSPS) is 10.2. The van der Waals surface area contributed by atoms with E-state index in [0.717, 1.165) is 10.0 Å². The minimum atomic E-state index is -0.243. The summed E-state index contributed by atoms with van der Waals surface area (Å²) in [6.45, 7) is 4.59. The summed E-state index contributed by atoms with van der Waals surface area (Å²) in [6.07, 6.45) is 3.31. The molecule has 1 amide bonds. The monoisotopic (exact) mass is 334 g/mol. The van der Waals surface area contributed by atoms with Crippen LogP contribution in [0.3, 0.4) is 0 Å². The van der Waals surface area contributed by atoms with Crippen LogP contribution in [-0.2, 0) is 0 Å². The Morgan fingerprint density at radius 3 is 2.85 bits per heavy atom. The van der Waals surface area contributed by atoms with Crippen molar-refractivity contribution in [2.24, 2.45) is 0 Å². The number of nitrogens with one attached hydrogen (secondary N) is 2. The minimum absolute atomic E-state index is 0.243. The SMILES string of the molecule is CCNc1ncc(Br)cc1C(=O)Nc1cc(C)ccn1. The number of hydrogen-bond donors (Lipinski definition) is 2. The average Bonchev–Trinajstić information content (AvgIpc) is 2.41. The highest BCUT2D eigenvalue weighted by Crippen LogP contribution is 2.19. The molecular weight excluding hydrogens is 320 g/mol. The van der Waals surface area contributed by atoms with Gasteiger partial charge in [-0.15, -0.1) is 0 Å². The number of carbonyl (C=O) groups excluding carboxylic acids is 1. The zero-order valence-electron chi connectivity index (χ0n) is 11.3. The van der Waals surface area contributed by atoms with E-state index in [4.69, 9.17) is 0 Å². The van der Waals surface area contributed by atoms with Crippen molar-refractivity contribution in [3.8, 4) is 0 Å². The Hall–Kier alpha value is -1.95. The van der Waals surface area contributed by atoms with Crippen LogP contribution in [0.4, 0.5) is 11.6 Å². The van der Waals surface area contributed by atoms with Gasteiger partial charge < -0.3 is 10.6 Å². The highest BCUT2D eigenvalue weighted by Gasteiger charge is 2.13. The van der Waals surface area contributed by atoms with Crippen LogP contribution in [-0.4, -0.2) is 22.4 Å². The molecule has 2 heterocycles. The Morgan fingerprint density at radius 1 is 1.35 bits per heavy atom. The van der Waals surface area contributed by atoms with Crippen molar-refractivity contribution in [1.82, 2.24) is 9.97 Å². The molecule has 0 aliphatic heterocycles. The quantitative estimate of drug-likeness (QED) is 0.900. The lowest BCUT2D eigenvalue weighted by atomic mass is 10.2. The van der Waals surface area contributed by atoms with E-state index in [1.807, 2.05) is 26.0 Å². The van der Waals surface area contributed by atoms with E-state index in [9.17, 15) is 4.79 Å². The third kappa shape index (κ3) is 3.54. The number of anilines is 2. The van der Waals surface area contributed by atoms with Gasteiger partial charge in [-0.05, 0) is 53.5 Å².